The molecule has 37 heavy (non-hydrogen) atoms. The van der Waals surface area contributed by atoms with Crippen molar-refractivity contribution in [3.63, 3.8) is 0 Å². The van der Waals surface area contributed by atoms with Crippen LogP contribution in [0.25, 0.3) is 11.2 Å². The number of hydrogen-bond donors (Lipinski definition) is 3. The highest BCUT2D eigenvalue weighted by Gasteiger charge is 2.37. The number of aromatic nitrogens is 4. The minimum absolute atomic E-state index is 0.0745. The monoisotopic (exact) mass is 553 g/mol. The number of anilines is 3. The van der Waals surface area contributed by atoms with Crippen LogP contribution in [0.1, 0.15) is 44.6 Å². The lowest BCUT2D eigenvalue weighted by Crippen LogP contribution is -2.43. The van der Waals surface area contributed by atoms with Gasteiger partial charge in [-0.15, -0.1) is 0 Å². The predicted molar refractivity (Wildman–Crippen MR) is 135 cm³/mol. The van der Waals surface area contributed by atoms with Crippen molar-refractivity contribution in [2.24, 2.45) is 11.7 Å². The van der Waals surface area contributed by atoms with Gasteiger partial charge in [-0.3, -0.25) is 9.36 Å². The fourth-order valence-electron chi connectivity index (χ4n) is 5.00. The van der Waals surface area contributed by atoms with E-state index < -0.39 is 27.2 Å². The molecule has 0 saturated heterocycles. The highest BCUT2D eigenvalue weighted by atomic mass is 35.5. The number of fused-ring (bicyclic) bond motifs is 1. The lowest BCUT2D eigenvalue weighted by Gasteiger charge is -2.34. The topological polar surface area (TPSA) is 145 Å². The summed E-state index contributed by atoms with van der Waals surface area (Å²) in [5.41, 5.74) is 5.93. The minimum Gasteiger partial charge on any atom is -0.369 e. The Kier molecular flexibility index (Phi) is 6.69. The van der Waals surface area contributed by atoms with Gasteiger partial charge in [-0.1, -0.05) is 11.6 Å². The molecule has 0 radical (unpaired) electrons. The number of rotatable bonds is 7. The van der Waals surface area contributed by atoms with Gasteiger partial charge in [0.1, 0.15) is 21.0 Å². The maximum atomic E-state index is 14.6. The summed E-state index contributed by atoms with van der Waals surface area (Å²) in [4.78, 5) is 25.1. The Balaban J connectivity index is 1.48. The molecule has 3 aromatic rings. The summed E-state index contributed by atoms with van der Waals surface area (Å²) in [6.45, 7) is 0. The molecular weight excluding hydrogens is 528 g/mol. The van der Waals surface area contributed by atoms with Gasteiger partial charge in [0.25, 0.3) is 0 Å². The minimum atomic E-state index is -3.10. The fraction of sp³-hybridized carbons (Fsp3) is 0.478. The van der Waals surface area contributed by atoms with Gasteiger partial charge in [0.05, 0.1) is 11.4 Å². The number of primary amides is 1. The van der Waals surface area contributed by atoms with Gasteiger partial charge in [-0.25, -0.2) is 27.2 Å². The molecule has 14 heteroatoms. The molecule has 0 unspecified atom stereocenters. The van der Waals surface area contributed by atoms with Crippen LogP contribution >= 0.6 is 11.6 Å². The number of benzene rings is 1. The first-order chi connectivity index (χ1) is 17.5. The Morgan fingerprint density at radius 1 is 1.14 bits per heavy atom. The predicted octanol–water partition coefficient (Wildman–Crippen LogP) is 3.71. The van der Waals surface area contributed by atoms with Crippen molar-refractivity contribution in [2.75, 3.05) is 16.9 Å². The summed E-state index contributed by atoms with van der Waals surface area (Å²) in [7, 11) is -3.10. The SMILES string of the molecule is CS(=O)(=O)C1CC(Nc2ncc3nc(Nc4c(F)cc(Cl)cc4F)n([C@H]4CC[C@@H](C(N)=O)CC4)c3n2)C1. The smallest absolute Gasteiger partial charge is 0.224 e. The molecule has 5 rings (SSSR count). The number of carbonyl (C=O) groups is 1. The first kappa shape index (κ1) is 25.6. The number of hydrogen-bond acceptors (Lipinski definition) is 8. The van der Waals surface area contributed by atoms with Crippen molar-refractivity contribution in [1.29, 1.82) is 0 Å². The lowest BCUT2D eigenvalue weighted by molar-refractivity contribution is -0.122. The number of imidazole rings is 1. The van der Waals surface area contributed by atoms with Crippen LogP contribution in [0, 0.1) is 17.6 Å². The van der Waals surface area contributed by atoms with E-state index in [2.05, 4.69) is 25.6 Å². The molecule has 1 aromatic carbocycles. The third kappa shape index (κ3) is 5.19. The number of carbonyl (C=O) groups excluding carboxylic acids is 1. The average Bonchev–Trinajstić information content (AvgIpc) is 3.14. The van der Waals surface area contributed by atoms with Crippen LogP contribution in [0.4, 0.5) is 26.4 Å². The first-order valence-corrected chi connectivity index (χ1v) is 14.2. The van der Waals surface area contributed by atoms with E-state index in [1.165, 1.54) is 12.5 Å². The number of nitrogens with one attached hydrogen (secondary N) is 2. The highest BCUT2D eigenvalue weighted by molar-refractivity contribution is 7.91. The molecule has 0 bridgehead atoms. The second-order valence-corrected chi connectivity index (χ2v) is 12.5. The van der Waals surface area contributed by atoms with E-state index in [1.54, 1.807) is 4.57 Å². The van der Waals surface area contributed by atoms with Crippen LogP contribution in [0.5, 0.6) is 0 Å². The number of nitrogens with two attached hydrogens (primary N) is 1. The Bertz CT molecular complexity index is 1450. The van der Waals surface area contributed by atoms with E-state index in [9.17, 15) is 22.0 Å². The van der Waals surface area contributed by atoms with Crippen molar-refractivity contribution in [3.8, 4) is 0 Å². The quantitative estimate of drug-likeness (QED) is 0.401. The molecule has 0 atom stereocenters. The van der Waals surface area contributed by atoms with Crippen LogP contribution in [0.3, 0.4) is 0 Å². The van der Waals surface area contributed by atoms with E-state index in [1.807, 2.05) is 0 Å². The average molecular weight is 554 g/mol. The first-order valence-electron chi connectivity index (χ1n) is 11.9. The normalized spacial score (nSPS) is 24.0. The molecule has 0 spiro atoms. The van der Waals surface area contributed by atoms with E-state index in [-0.39, 0.29) is 40.1 Å². The van der Waals surface area contributed by atoms with Crippen LogP contribution in [0.15, 0.2) is 18.3 Å². The van der Waals surface area contributed by atoms with Crippen molar-refractivity contribution in [2.45, 2.75) is 55.9 Å². The Hall–Kier alpha value is -3.06. The van der Waals surface area contributed by atoms with Gasteiger partial charge in [0.2, 0.25) is 17.8 Å². The maximum Gasteiger partial charge on any atom is 0.224 e. The standard InChI is InChI=1S/C23H26ClF2N7O3S/c1-37(35,36)15-8-13(9-15)29-22-28-10-18-21(32-22)33(14-4-2-11(3-5-14)20(27)34)23(30-18)31-19-16(25)6-12(24)7-17(19)26/h6-7,10-11,13-15H,2-5,8-9H2,1H3,(H2,27,34)(H,30,31)(H,28,29,32)/t11-,13?,14+,15?. The zero-order valence-electron chi connectivity index (χ0n) is 19.9. The Morgan fingerprint density at radius 3 is 2.38 bits per heavy atom. The van der Waals surface area contributed by atoms with E-state index >= 15 is 0 Å². The molecule has 2 fully saturated rings. The molecule has 2 aliphatic rings. The second kappa shape index (κ2) is 9.67. The molecule has 1 amide bonds. The summed E-state index contributed by atoms with van der Waals surface area (Å²) in [6, 6.07) is 1.75. The molecule has 4 N–H and O–H groups in total. The van der Waals surface area contributed by atoms with Crippen molar-refractivity contribution >= 4 is 56.1 Å². The van der Waals surface area contributed by atoms with Crippen LogP contribution in [-0.2, 0) is 14.6 Å². The van der Waals surface area contributed by atoms with Crippen molar-refractivity contribution in [3.05, 3.63) is 35.0 Å². The largest absolute Gasteiger partial charge is 0.369 e. The van der Waals surface area contributed by atoms with Gasteiger partial charge in [0.15, 0.2) is 17.3 Å². The van der Waals surface area contributed by atoms with Gasteiger partial charge in [-0.2, -0.15) is 4.98 Å². The summed E-state index contributed by atoms with van der Waals surface area (Å²) >= 11 is 5.77. The molecular formula is C23H26ClF2N7O3S. The highest BCUT2D eigenvalue weighted by Crippen LogP contribution is 2.38. The number of halogens is 3. The number of nitrogens with zero attached hydrogens (tertiary/aromatic N) is 4. The van der Waals surface area contributed by atoms with Crippen molar-refractivity contribution in [1.82, 2.24) is 19.5 Å². The second-order valence-electron chi connectivity index (χ2n) is 9.75. The molecule has 2 heterocycles. The summed E-state index contributed by atoms with van der Waals surface area (Å²) in [5.74, 6) is -1.86. The van der Waals surface area contributed by atoms with E-state index in [0.29, 0.717) is 55.6 Å². The zero-order chi connectivity index (χ0) is 26.5. The molecule has 2 aromatic heterocycles. The zero-order valence-corrected chi connectivity index (χ0v) is 21.5. The van der Waals surface area contributed by atoms with Crippen LogP contribution in [0.2, 0.25) is 5.02 Å². The van der Waals surface area contributed by atoms with Crippen molar-refractivity contribution < 1.29 is 22.0 Å². The molecule has 10 nitrogen and oxygen atoms in total. The summed E-state index contributed by atoms with van der Waals surface area (Å²) in [5, 5.41) is 5.46. The molecule has 198 valence electrons. The Morgan fingerprint density at radius 2 is 1.78 bits per heavy atom. The third-order valence-electron chi connectivity index (χ3n) is 7.17. The van der Waals surface area contributed by atoms with Gasteiger partial charge in [-0.05, 0) is 50.7 Å². The third-order valence-corrected chi connectivity index (χ3v) is 8.99. The number of amides is 1. The maximum absolute atomic E-state index is 14.6. The van der Waals surface area contributed by atoms with Gasteiger partial charge in [0, 0.05) is 29.3 Å². The molecule has 2 saturated carbocycles. The van der Waals surface area contributed by atoms with E-state index in [4.69, 9.17) is 17.3 Å². The number of sulfone groups is 1. The Labute approximate surface area is 216 Å². The summed E-state index contributed by atoms with van der Waals surface area (Å²) < 4.78 is 54.4. The van der Waals surface area contributed by atoms with Crippen LogP contribution < -0.4 is 16.4 Å². The van der Waals surface area contributed by atoms with Gasteiger partial charge < -0.3 is 16.4 Å². The van der Waals surface area contributed by atoms with Gasteiger partial charge >= 0.3 is 0 Å². The fourth-order valence-corrected chi connectivity index (χ4v) is 6.36. The summed E-state index contributed by atoms with van der Waals surface area (Å²) in [6.07, 6.45) is 5.94. The van der Waals surface area contributed by atoms with Crippen LogP contribution in [-0.4, -0.2) is 51.4 Å². The molecule has 0 aliphatic heterocycles. The molecule has 2 aliphatic carbocycles. The lowest BCUT2D eigenvalue weighted by atomic mass is 9.85. The van der Waals surface area contributed by atoms with E-state index in [0.717, 1.165) is 12.1 Å².